The molecule has 3 aromatic heterocycles. The predicted molar refractivity (Wildman–Crippen MR) is 107 cm³/mol. The van der Waals surface area contributed by atoms with Crippen LogP contribution in [-0.2, 0) is 0 Å². The van der Waals surface area contributed by atoms with Gasteiger partial charge in [-0.25, -0.2) is 9.97 Å². The van der Waals surface area contributed by atoms with Crippen LogP contribution in [0.25, 0.3) is 22.4 Å². The fourth-order valence-corrected chi connectivity index (χ4v) is 3.48. The standard InChI is InChI=1S/C21H19N5O2/c27-21(14-3-6-19(22-12-14)26-8-1-2-9-26)23-16-4-5-17-18(11-16)25-20(24-17)15-7-10-28-13-15/h3-7,10-13H,1-2,8-9H2,(H,23,27)(H,24,25). The van der Waals surface area contributed by atoms with Gasteiger partial charge < -0.3 is 19.6 Å². The number of anilines is 2. The number of H-pyrrole nitrogens is 1. The molecule has 4 heterocycles. The van der Waals surface area contributed by atoms with Gasteiger partial charge in [0.05, 0.1) is 28.4 Å². The molecule has 140 valence electrons. The lowest BCUT2D eigenvalue weighted by atomic mass is 10.2. The summed E-state index contributed by atoms with van der Waals surface area (Å²) in [6.45, 7) is 2.06. The molecular formula is C21H19N5O2. The van der Waals surface area contributed by atoms with E-state index < -0.39 is 0 Å². The number of rotatable bonds is 4. The molecule has 4 aromatic rings. The highest BCUT2D eigenvalue weighted by Gasteiger charge is 2.15. The minimum absolute atomic E-state index is 0.186. The highest BCUT2D eigenvalue weighted by molar-refractivity contribution is 6.04. The summed E-state index contributed by atoms with van der Waals surface area (Å²) < 4.78 is 5.11. The molecule has 0 unspecified atom stereocenters. The van der Waals surface area contributed by atoms with Gasteiger partial charge in [-0.05, 0) is 49.2 Å². The van der Waals surface area contributed by atoms with Crippen molar-refractivity contribution in [2.75, 3.05) is 23.3 Å². The lowest BCUT2D eigenvalue weighted by Crippen LogP contribution is -2.19. The van der Waals surface area contributed by atoms with Gasteiger partial charge in [0, 0.05) is 25.0 Å². The van der Waals surface area contributed by atoms with Gasteiger partial charge in [-0.2, -0.15) is 0 Å². The molecule has 7 nitrogen and oxygen atoms in total. The third-order valence-electron chi connectivity index (χ3n) is 4.97. The highest BCUT2D eigenvalue weighted by Crippen LogP contribution is 2.24. The fraction of sp³-hybridized carbons (Fsp3) is 0.190. The van der Waals surface area contributed by atoms with E-state index in [0.29, 0.717) is 11.3 Å². The Morgan fingerprint density at radius 3 is 2.79 bits per heavy atom. The molecule has 0 bridgehead atoms. The van der Waals surface area contributed by atoms with Crippen molar-refractivity contribution in [2.45, 2.75) is 12.8 Å². The smallest absolute Gasteiger partial charge is 0.257 e. The summed E-state index contributed by atoms with van der Waals surface area (Å²) in [5.74, 6) is 1.48. The van der Waals surface area contributed by atoms with Gasteiger partial charge >= 0.3 is 0 Å². The van der Waals surface area contributed by atoms with Crippen LogP contribution in [0.4, 0.5) is 11.5 Å². The van der Waals surface area contributed by atoms with Crippen LogP contribution in [0.2, 0.25) is 0 Å². The van der Waals surface area contributed by atoms with Gasteiger partial charge in [-0.3, -0.25) is 4.79 Å². The molecule has 1 saturated heterocycles. The number of aromatic nitrogens is 3. The Labute approximate surface area is 161 Å². The van der Waals surface area contributed by atoms with Gasteiger partial charge in [-0.15, -0.1) is 0 Å². The predicted octanol–water partition coefficient (Wildman–Crippen LogP) is 4.07. The van der Waals surface area contributed by atoms with Crippen LogP contribution >= 0.6 is 0 Å². The van der Waals surface area contributed by atoms with Gasteiger partial charge in [-0.1, -0.05) is 0 Å². The van der Waals surface area contributed by atoms with Crippen molar-refractivity contribution in [1.82, 2.24) is 15.0 Å². The summed E-state index contributed by atoms with van der Waals surface area (Å²) in [7, 11) is 0. The summed E-state index contributed by atoms with van der Waals surface area (Å²) in [5, 5.41) is 2.92. The number of amides is 1. The summed E-state index contributed by atoms with van der Waals surface area (Å²) in [5.41, 5.74) is 3.78. The number of furan rings is 1. The van der Waals surface area contributed by atoms with Crippen LogP contribution in [-0.4, -0.2) is 33.9 Å². The largest absolute Gasteiger partial charge is 0.472 e. The number of carbonyl (C=O) groups is 1. The summed E-state index contributed by atoms with van der Waals surface area (Å²) >= 11 is 0. The van der Waals surface area contributed by atoms with Crippen LogP contribution in [0.15, 0.2) is 59.5 Å². The second-order valence-corrected chi connectivity index (χ2v) is 6.88. The number of benzene rings is 1. The van der Waals surface area contributed by atoms with E-state index in [2.05, 4.69) is 25.2 Å². The third kappa shape index (κ3) is 3.11. The molecule has 1 aromatic carbocycles. The second kappa shape index (κ2) is 6.84. The summed E-state index contributed by atoms with van der Waals surface area (Å²) in [4.78, 5) is 27.0. The fourth-order valence-electron chi connectivity index (χ4n) is 3.48. The number of nitrogens with one attached hydrogen (secondary N) is 2. The van der Waals surface area contributed by atoms with Crippen LogP contribution < -0.4 is 10.2 Å². The number of aromatic amines is 1. The number of nitrogens with zero attached hydrogens (tertiary/aromatic N) is 3. The Morgan fingerprint density at radius 1 is 1.14 bits per heavy atom. The van der Waals surface area contributed by atoms with E-state index >= 15 is 0 Å². The van der Waals surface area contributed by atoms with E-state index in [9.17, 15) is 4.79 Å². The molecule has 1 aliphatic heterocycles. The maximum absolute atomic E-state index is 12.6. The Kier molecular flexibility index (Phi) is 4.05. The lowest BCUT2D eigenvalue weighted by molar-refractivity contribution is 0.102. The van der Waals surface area contributed by atoms with Crippen molar-refractivity contribution in [2.24, 2.45) is 0 Å². The monoisotopic (exact) mass is 373 g/mol. The normalized spacial score (nSPS) is 13.9. The van der Waals surface area contributed by atoms with Crippen LogP contribution in [0, 0.1) is 0 Å². The van der Waals surface area contributed by atoms with Crippen LogP contribution in [0.5, 0.6) is 0 Å². The summed E-state index contributed by atoms with van der Waals surface area (Å²) in [6.07, 6.45) is 7.27. The quantitative estimate of drug-likeness (QED) is 0.563. The molecule has 1 fully saturated rings. The summed E-state index contributed by atoms with van der Waals surface area (Å²) in [6, 6.07) is 11.2. The first-order chi connectivity index (χ1) is 13.8. The Hall–Kier alpha value is -3.61. The first-order valence-electron chi connectivity index (χ1n) is 9.31. The van der Waals surface area contributed by atoms with Gasteiger partial charge in [0.1, 0.15) is 17.9 Å². The van der Waals surface area contributed by atoms with Crippen molar-refractivity contribution in [3.8, 4) is 11.4 Å². The Morgan fingerprint density at radius 2 is 2.04 bits per heavy atom. The van der Waals surface area contributed by atoms with Crippen molar-refractivity contribution >= 4 is 28.4 Å². The Bertz CT molecular complexity index is 1110. The second-order valence-electron chi connectivity index (χ2n) is 6.88. The number of fused-ring (bicyclic) bond motifs is 1. The molecule has 1 aliphatic rings. The van der Waals surface area contributed by atoms with Crippen molar-refractivity contribution in [1.29, 1.82) is 0 Å². The van der Waals surface area contributed by atoms with Gasteiger partial charge in [0.15, 0.2) is 0 Å². The number of pyridine rings is 1. The SMILES string of the molecule is O=C(Nc1ccc2nc(-c3ccoc3)[nH]c2c1)c1ccc(N2CCCC2)nc1. The van der Waals surface area contributed by atoms with E-state index in [1.54, 1.807) is 18.7 Å². The zero-order chi connectivity index (χ0) is 18.9. The van der Waals surface area contributed by atoms with Crippen molar-refractivity contribution in [3.63, 3.8) is 0 Å². The minimum Gasteiger partial charge on any atom is -0.472 e. The molecule has 0 saturated carbocycles. The van der Waals surface area contributed by atoms with Crippen LogP contribution in [0.1, 0.15) is 23.2 Å². The maximum atomic E-state index is 12.6. The first-order valence-corrected chi connectivity index (χ1v) is 9.31. The first kappa shape index (κ1) is 16.6. The van der Waals surface area contributed by atoms with E-state index in [0.717, 1.165) is 41.3 Å². The molecule has 5 rings (SSSR count). The van der Waals surface area contributed by atoms with E-state index in [1.807, 2.05) is 36.4 Å². The molecule has 0 atom stereocenters. The van der Waals surface area contributed by atoms with Crippen molar-refractivity contribution in [3.05, 3.63) is 60.7 Å². The molecule has 2 N–H and O–H groups in total. The number of imidazole rings is 1. The number of hydrogen-bond donors (Lipinski definition) is 2. The van der Waals surface area contributed by atoms with E-state index in [4.69, 9.17) is 4.42 Å². The highest BCUT2D eigenvalue weighted by atomic mass is 16.3. The van der Waals surface area contributed by atoms with E-state index in [-0.39, 0.29) is 5.91 Å². The maximum Gasteiger partial charge on any atom is 0.257 e. The molecule has 28 heavy (non-hydrogen) atoms. The number of hydrogen-bond acceptors (Lipinski definition) is 5. The average Bonchev–Trinajstić information content (AvgIpc) is 3.48. The zero-order valence-corrected chi connectivity index (χ0v) is 15.2. The van der Waals surface area contributed by atoms with Crippen molar-refractivity contribution < 1.29 is 9.21 Å². The van der Waals surface area contributed by atoms with Gasteiger partial charge in [0.2, 0.25) is 0 Å². The minimum atomic E-state index is -0.186. The average molecular weight is 373 g/mol. The molecule has 0 radical (unpaired) electrons. The number of carbonyl (C=O) groups excluding carboxylic acids is 1. The zero-order valence-electron chi connectivity index (χ0n) is 15.2. The van der Waals surface area contributed by atoms with E-state index in [1.165, 1.54) is 12.8 Å². The molecule has 0 aliphatic carbocycles. The third-order valence-corrected chi connectivity index (χ3v) is 4.97. The molecule has 1 amide bonds. The van der Waals surface area contributed by atoms with Gasteiger partial charge in [0.25, 0.3) is 5.91 Å². The molecule has 7 heteroatoms. The topological polar surface area (TPSA) is 87.0 Å². The molecule has 0 spiro atoms. The Balaban J connectivity index is 1.33. The molecular weight excluding hydrogens is 354 g/mol. The van der Waals surface area contributed by atoms with Crippen LogP contribution in [0.3, 0.4) is 0 Å². The lowest BCUT2D eigenvalue weighted by Gasteiger charge is -2.16.